The summed E-state index contributed by atoms with van der Waals surface area (Å²) in [7, 11) is -3.87. The zero-order valence-electron chi connectivity index (χ0n) is 22.7. The molecule has 4 rings (SSSR count). The molecule has 2 aromatic rings. The Hall–Kier alpha value is -2.45. The molecule has 2 saturated heterocycles. The van der Waals surface area contributed by atoms with Gasteiger partial charge in [-0.3, -0.25) is 9.59 Å². The summed E-state index contributed by atoms with van der Waals surface area (Å²) in [5.41, 5.74) is 0.217. The maximum Gasteiger partial charge on any atom is 0.243 e. The number of amides is 2. The summed E-state index contributed by atoms with van der Waals surface area (Å²) in [6, 6.07) is 7.40. The first kappa shape index (κ1) is 31.5. The minimum atomic E-state index is -3.87. The standard InChI is InChI=1S/C28H35BrF2N4O5S/c1-2-3-9-34-16-19(14-26(34)36)28(38)33-24(13-18-11-21(30)15-22(31)12-18)27(37)25-17-35(10-8-32-25)41(39,40)23-6-4-20(29)5-7-23/h4-7,11-12,15,19,24-25,27,32,37H,2-3,8-10,13-14,16-17H2,1H3,(H,33,38)/t19?,24?,25-,27+/m1/s1. The van der Waals surface area contributed by atoms with Gasteiger partial charge in [-0.25, -0.2) is 17.2 Å². The maximum absolute atomic E-state index is 14.0. The molecule has 0 bridgehead atoms. The number of sulfonamides is 1. The monoisotopic (exact) mass is 656 g/mol. The number of carbonyl (C=O) groups is 2. The van der Waals surface area contributed by atoms with Gasteiger partial charge in [-0.2, -0.15) is 4.31 Å². The van der Waals surface area contributed by atoms with Crippen molar-refractivity contribution in [1.82, 2.24) is 19.8 Å². The lowest BCUT2D eigenvalue weighted by Crippen LogP contribution is -2.62. The maximum atomic E-state index is 14.0. The van der Waals surface area contributed by atoms with E-state index in [1.807, 2.05) is 6.92 Å². The molecule has 9 nitrogen and oxygen atoms in total. The molecule has 4 atom stereocenters. The Morgan fingerprint density at radius 3 is 2.51 bits per heavy atom. The number of aliphatic hydroxyl groups is 1. The van der Waals surface area contributed by atoms with Crippen molar-refractivity contribution >= 4 is 37.8 Å². The number of rotatable bonds is 11. The Labute approximate surface area is 247 Å². The highest BCUT2D eigenvalue weighted by atomic mass is 79.9. The van der Waals surface area contributed by atoms with E-state index in [2.05, 4.69) is 26.6 Å². The molecule has 41 heavy (non-hydrogen) atoms. The Kier molecular flexibility index (Phi) is 10.5. The second kappa shape index (κ2) is 13.7. The molecular weight excluding hydrogens is 622 g/mol. The van der Waals surface area contributed by atoms with Crippen LogP contribution in [0.1, 0.15) is 31.7 Å². The first-order valence-corrected chi connectivity index (χ1v) is 15.9. The molecule has 2 aliphatic rings. The third-order valence-electron chi connectivity index (χ3n) is 7.52. The van der Waals surface area contributed by atoms with Crippen LogP contribution in [0.5, 0.6) is 0 Å². The molecule has 0 aliphatic carbocycles. The number of unbranched alkanes of at least 4 members (excludes halogenated alkanes) is 1. The number of piperazine rings is 1. The van der Waals surface area contributed by atoms with E-state index in [9.17, 15) is 31.9 Å². The molecule has 0 radical (unpaired) electrons. The largest absolute Gasteiger partial charge is 0.389 e. The van der Waals surface area contributed by atoms with Crippen molar-refractivity contribution in [1.29, 1.82) is 0 Å². The molecule has 224 valence electrons. The van der Waals surface area contributed by atoms with E-state index in [0.29, 0.717) is 6.54 Å². The van der Waals surface area contributed by atoms with Gasteiger partial charge in [0, 0.05) is 55.7 Å². The Morgan fingerprint density at radius 2 is 1.85 bits per heavy atom. The zero-order chi connectivity index (χ0) is 29.7. The van der Waals surface area contributed by atoms with Gasteiger partial charge >= 0.3 is 0 Å². The molecule has 0 saturated carbocycles. The summed E-state index contributed by atoms with van der Waals surface area (Å²) in [5.74, 6) is -2.80. The molecule has 0 aromatic heterocycles. The number of nitrogens with one attached hydrogen (secondary N) is 2. The number of likely N-dealkylation sites (tertiary alicyclic amines) is 1. The van der Waals surface area contributed by atoms with Crippen molar-refractivity contribution in [3.05, 3.63) is 64.1 Å². The second-order valence-electron chi connectivity index (χ2n) is 10.6. The molecule has 0 spiro atoms. The van der Waals surface area contributed by atoms with E-state index in [1.54, 1.807) is 17.0 Å². The van der Waals surface area contributed by atoms with Crippen LogP contribution >= 0.6 is 15.9 Å². The van der Waals surface area contributed by atoms with Gasteiger partial charge < -0.3 is 20.6 Å². The summed E-state index contributed by atoms with van der Waals surface area (Å²) in [6.07, 6.45) is 0.330. The van der Waals surface area contributed by atoms with E-state index in [1.165, 1.54) is 16.4 Å². The fraction of sp³-hybridized carbons (Fsp3) is 0.500. The fourth-order valence-corrected chi connectivity index (χ4v) is 7.02. The minimum absolute atomic E-state index is 0.0356. The van der Waals surface area contributed by atoms with Crippen LogP contribution in [0.3, 0.4) is 0 Å². The normalized spacial score (nSPS) is 21.6. The topological polar surface area (TPSA) is 119 Å². The number of halogens is 3. The average molecular weight is 658 g/mol. The van der Waals surface area contributed by atoms with Crippen molar-refractivity contribution in [2.75, 3.05) is 32.7 Å². The predicted molar refractivity (Wildman–Crippen MR) is 152 cm³/mol. The molecule has 2 amide bonds. The van der Waals surface area contributed by atoms with Gasteiger partial charge in [-0.15, -0.1) is 0 Å². The number of carbonyl (C=O) groups excluding carboxylic acids is 2. The van der Waals surface area contributed by atoms with E-state index in [4.69, 9.17) is 0 Å². The number of hydrogen-bond acceptors (Lipinski definition) is 6. The van der Waals surface area contributed by atoms with Gasteiger partial charge in [-0.1, -0.05) is 29.3 Å². The first-order chi connectivity index (χ1) is 19.5. The third kappa shape index (κ3) is 7.89. The number of benzene rings is 2. The van der Waals surface area contributed by atoms with Crippen LogP contribution in [0.25, 0.3) is 0 Å². The molecule has 2 aliphatic heterocycles. The Bertz CT molecular complexity index is 1330. The molecule has 2 fully saturated rings. The van der Waals surface area contributed by atoms with E-state index in [0.717, 1.165) is 35.5 Å². The van der Waals surface area contributed by atoms with Gasteiger partial charge in [0.05, 0.1) is 23.0 Å². The molecule has 2 aromatic carbocycles. The Morgan fingerprint density at radius 1 is 1.17 bits per heavy atom. The van der Waals surface area contributed by atoms with Crippen LogP contribution in [-0.4, -0.2) is 85.5 Å². The lowest BCUT2D eigenvalue weighted by atomic mass is 9.94. The Balaban J connectivity index is 1.53. The van der Waals surface area contributed by atoms with Gasteiger partial charge in [0.25, 0.3) is 0 Å². The summed E-state index contributed by atoms with van der Waals surface area (Å²) in [6.45, 7) is 3.15. The van der Waals surface area contributed by atoms with Gasteiger partial charge in [-0.05, 0) is 54.8 Å². The zero-order valence-corrected chi connectivity index (χ0v) is 25.1. The van der Waals surface area contributed by atoms with Crippen molar-refractivity contribution in [3.63, 3.8) is 0 Å². The minimum Gasteiger partial charge on any atom is -0.389 e. The van der Waals surface area contributed by atoms with Crippen LogP contribution in [0.15, 0.2) is 51.8 Å². The molecular formula is C28H35BrF2N4O5S. The van der Waals surface area contributed by atoms with Gasteiger partial charge in [0.1, 0.15) is 11.6 Å². The molecule has 2 heterocycles. The van der Waals surface area contributed by atoms with Crippen LogP contribution in [0, 0.1) is 17.6 Å². The predicted octanol–water partition coefficient (Wildman–Crippen LogP) is 2.43. The number of nitrogens with zero attached hydrogens (tertiary/aromatic N) is 2. The van der Waals surface area contributed by atoms with Crippen molar-refractivity contribution in [3.8, 4) is 0 Å². The van der Waals surface area contributed by atoms with E-state index >= 15 is 0 Å². The second-order valence-corrected chi connectivity index (χ2v) is 13.4. The van der Waals surface area contributed by atoms with Crippen LogP contribution < -0.4 is 10.6 Å². The molecule has 13 heteroatoms. The third-order valence-corrected chi connectivity index (χ3v) is 9.92. The first-order valence-electron chi connectivity index (χ1n) is 13.7. The van der Waals surface area contributed by atoms with Crippen LogP contribution in [-0.2, 0) is 26.0 Å². The highest BCUT2D eigenvalue weighted by molar-refractivity contribution is 9.10. The average Bonchev–Trinajstić information content (AvgIpc) is 3.31. The summed E-state index contributed by atoms with van der Waals surface area (Å²) >= 11 is 3.30. The van der Waals surface area contributed by atoms with Crippen molar-refractivity contribution in [2.45, 2.75) is 55.7 Å². The summed E-state index contributed by atoms with van der Waals surface area (Å²) < 4.78 is 56.6. The van der Waals surface area contributed by atoms with E-state index in [-0.39, 0.29) is 55.4 Å². The van der Waals surface area contributed by atoms with Gasteiger partial charge in [0.2, 0.25) is 21.8 Å². The SMILES string of the molecule is CCCCN1CC(C(=O)NC(Cc2cc(F)cc(F)c2)[C@H](O)[C@H]2CN(S(=O)(=O)c3ccc(Br)cc3)CCN2)CC1=O. The smallest absolute Gasteiger partial charge is 0.243 e. The molecule has 3 N–H and O–H groups in total. The number of aliphatic hydroxyl groups excluding tert-OH is 1. The highest BCUT2D eigenvalue weighted by Gasteiger charge is 2.39. The summed E-state index contributed by atoms with van der Waals surface area (Å²) in [5, 5.41) is 17.4. The van der Waals surface area contributed by atoms with Crippen LogP contribution in [0.4, 0.5) is 8.78 Å². The highest BCUT2D eigenvalue weighted by Crippen LogP contribution is 2.23. The lowest BCUT2D eigenvalue weighted by molar-refractivity contribution is -0.129. The lowest BCUT2D eigenvalue weighted by Gasteiger charge is -2.38. The summed E-state index contributed by atoms with van der Waals surface area (Å²) in [4.78, 5) is 27.5. The van der Waals surface area contributed by atoms with E-state index < -0.39 is 51.7 Å². The fourth-order valence-electron chi connectivity index (χ4n) is 5.29. The number of hydrogen-bond donors (Lipinski definition) is 3. The molecule has 2 unspecified atom stereocenters. The van der Waals surface area contributed by atoms with Gasteiger partial charge in [0.15, 0.2) is 0 Å². The quantitative estimate of drug-likeness (QED) is 0.342. The van der Waals surface area contributed by atoms with Crippen molar-refractivity contribution < 1.29 is 31.9 Å². The van der Waals surface area contributed by atoms with Crippen LogP contribution in [0.2, 0.25) is 0 Å². The van der Waals surface area contributed by atoms with Crippen molar-refractivity contribution in [2.24, 2.45) is 5.92 Å².